The average molecular weight is 403 g/mol. The van der Waals surface area contributed by atoms with Crippen LogP contribution in [0.5, 0.6) is 0 Å². The van der Waals surface area contributed by atoms with Gasteiger partial charge in [-0.3, -0.25) is 19.3 Å². The number of halogens is 1. The molecule has 7 nitrogen and oxygen atoms in total. The number of nitrogens with one attached hydrogen (secondary N) is 1. The van der Waals surface area contributed by atoms with Crippen molar-refractivity contribution in [2.24, 2.45) is 23.7 Å². The molecule has 1 saturated carbocycles. The highest BCUT2D eigenvalue weighted by molar-refractivity contribution is 6.30. The number of carbonyl (C=O) groups excluding carboxylic acids is 4. The highest BCUT2D eigenvalue weighted by Gasteiger charge is 2.60. The number of amides is 3. The number of nitrogens with zero attached hydrogens (tertiary/aromatic N) is 1. The van der Waals surface area contributed by atoms with Crippen LogP contribution in [-0.2, 0) is 23.9 Å². The molecule has 0 aromatic heterocycles. The van der Waals surface area contributed by atoms with Crippen molar-refractivity contribution in [1.82, 2.24) is 4.90 Å². The van der Waals surface area contributed by atoms with Gasteiger partial charge in [-0.05, 0) is 43.4 Å². The highest BCUT2D eigenvalue weighted by Crippen LogP contribution is 2.52. The largest absolute Gasteiger partial charge is 0.454 e. The lowest BCUT2D eigenvalue weighted by molar-refractivity contribution is -0.159. The fourth-order valence-electron chi connectivity index (χ4n) is 4.43. The van der Waals surface area contributed by atoms with Crippen LogP contribution in [0.2, 0.25) is 5.02 Å². The van der Waals surface area contributed by atoms with Gasteiger partial charge in [0, 0.05) is 10.7 Å². The fraction of sp³-hybridized carbons (Fsp3) is 0.400. The topological polar surface area (TPSA) is 92.8 Å². The number of benzene rings is 1. The molecule has 0 unspecified atom stereocenters. The maximum absolute atomic E-state index is 12.7. The van der Waals surface area contributed by atoms with Crippen molar-refractivity contribution in [3.05, 3.63) is 41.4 Å². The molecule has 146 valence electrons. The Labute approximate surface area is 166 Å². The summed E-state index contributed by atoms with van der Waals surface area (Å²) in [6.07, 6.45) is 4.80. The van der Waals surface area contributed by atoms with E-state index in [1.54, 1.807) is 24.3 Å². The molecule has 3 aliphatic rings. The summed E-state index contributed by atoms with van der Waals surface area (Å²) in [6, 6.07) is 5.49. The van der Waals surface area contributed by atoms with E-state index >= 15 is 0 Å². The number of anilines is 1. The summed E-state index contributed by atoms with van der Waals surface area (Å²) in [4.78, 5) is 50.8. The van der Waals surface area contributed by atoms with Gasteiger partial charge < -0.3 is 10.1 Å². The van der Waals surface area contributed by atoms with E-state index in [1.807, 2.05) is 12.2 Å². The average Bonchev–Trinajstić information content (AvgIpc) is 3.33. The van der Waals surface area contributed by atoms with Crippen LogP contribution >= 0.6 is 11.6 Å². The molecule has 3 amide bonds. The molecular weight excluding hydrogens is 384 g/mol. The van der Waals surface area contributed by atoms with E-state index in [0.717, 1.165) is 11.3 Å². The van der Waals surface area contributed by atoms with Gasteiger partial charge >= 0.3 is 5.97 Å². The minimum absolute atomic E-state index is 0.0724. The number of esters is 1. The van der Waals surface area contributed by atoms with E-state index in [0.29, 0.717) is 10.7 Å². The van der Waals surface area contributed by atoms with E-state index in [1.165, 1.54) is 6.92 Å². The Bertz CT molecular complexity index is 868. The lowest BCUT2D eigenvalue weighted by Gasteiger charge is -2.23. The molecule has 0 radical (unpaired) electrons. The number of hydrogen-bond donors (Lipinski definition) is 1. The van der Waals surface area contributed by atoms with Gasteiger partial charge in [-0.1, -0.05) is 29.8 Å². The quantitative estimate of drug-likeness (QED) is 0.462. The van der Waals surface area contributed by atoms with Crippen molar-refractivity contribution < 1.29 is 23.9 Å². The van der Waals surface area contributed by atoms with Crippen LogP contribution in [0.15, 0.2) is 36.4 Å². The predicted molar refractivity (Wildman–Crippen MR) is 100 cm³/mol. The van der Waals surface area contributed by atoms with Crippen LogP contribution in [0.25, 0.3) is 0 Å². The second kappa shape index (κ2) is 7.05. The number of rotatable bonds is 5. The Morgan fingerprint density at radius 1 is 1.21 bits per heavy atom. The van der Waals surface area contributed by atoms with E-state index < -0.39 is 24.5 Å². The van der Waals surface area contributed by atoms with Crippen molar-refractivity contribution in [2.45, 2.75) is 19.4 Å². The minimum Gasteiger partial charge on any atom is -0.454 e. The standard InChI is InChI=1S/C20H19ClN2O5/c1-10(20(27)28-9-15(24)22-14-4-2-3-13(21)8-14)23-18(25)16-11-5-6-12(7-11)17(16)19(23)26/h2-6,8,10-12,16-17H,7,9H2,1H3,(H,22,24)/t10-,11+,12+,16-,17+/m1/s1. The summed E-state index contributed by atoms with van der Waals surface area (Å²) in [6.45, 7) is 0.926. The number of fused-ring (bicyclic) bond motifs is 5. The molecule has 1 aliphatic heterocycles. The van der Waals surface area contributed by atoms with Crippen molar-refractivity contribution in [2.75, 3.05) is 11.9 Å². The summed E-state index contributed by atoms with van der Waals surface area (Å²) in [7, 11) is 0. The molecule has 28 heavy (non-hydrogen) atoms. The smallest absolute Gasteiger partial charge is 0.329 e. The van der Waals surface area contributed by atoms with Crippen molar-refractivity contribution in [1.29, 1.82) is 0 Å². The van der Waals surface area contributed by atoms with Crippen molar-refractivity contribution >= 4 is 41.0 Å². The Balaban J connectivity index is 1.34. The summed E-state index contributed by atoms with van der Waals surface area (Å²) in [5.74, 6) is -2.57. The molecule has 4 rings (SSSR count). The molecule has 1 saturated heterocycles. The van der Waals surface area contributed by atoms with Crippen LogP contribution in [0.4, 0.5) is 5.69 Å². The molecule has 1 N–H and O–H groups in total. The maximum atomic E-state index is 12.7. The lowest BCUT2D eigenvalue weighted by Crippen LogP contribution is -2.45. The van der Waals surface area contributed by atoms with Gasteiger partial charge in [0.15, 0.2) is 6.61 Å². The van der Waals surface area contributed by atoms with Gasteiger partial charge in [-0.25, -0.2) is 4.79 Å². The molecule has 0 spiro atoms. The lowest BCUT2D eigenvalue weighted by atomic mass is 9.85. The molecule has 8 heteroatoms. The van der Waals surface area contributed by atoms with Crippen LogP contribution in [0, 0.1) is 23.7 Å². The summed E-state index contributed by atoms with van der Waals surface area (Å²) in [5.41, 5.74) is 0.474. The fourth-order valence-corrected chi connectivity index (χ4v) is 4.62. The SMILES string of the molecule is C[C@H](C(=O)OCC(=O)Nc1cccc(Cl)c1)N1C(=O)[C@@H]2[C@H](C1=O)[C@H]1C=C[C@H]2C1. The van der Waals surface area contributed by atoms with Gasteiger partial charge in [0.2, 0.25) is 11.8 Å². The molecule has 2 bridgehead atoms. The number of carbonyl (C=O) groups is 4. The number of allylic oxidation sites excluding steroid dienone is 2. The zero-order chi connectivity index (χ0) is 20.0. The monoisotopic (exact) mass is 402 g/mol. The molecule has 1 aromatic rings. The number of hydrogen-bond acceptors (Lipinski definition) is 5. The normalized spacial score (nSPS) is 28.4. The molecule has 2 fully saturated rings. The van der Waals surface area contributed by atoms with Gasteiger partial charge in [0.05, 0.1) is 11.8 Å². The molecule has 5 atom stereocenters. The molecule has 1 aromatic carbocycles. The van der Waals surface area contributed by atoms with Crippen molar-refractivity contribution in [3.8, 4) is 0 Å². The Morgan fingerprint density at radius 2 is 1.86 bits per heavy atom. The molecular formula is C20H19ClN2O5. The van der Waals surface area contributed by atoms with E-state index in [4.69, 9.17) is 16.3 Å². The first-order chi connectivity index (χ1) is 13.4. The first-order valence-corrected chi connectivity index (χ1v) is 9.52. The molecule has 1 heterocycles. The molecule has 2 aliphatic carbocycles. The van der Waals surface area contributed by atoms with E-state index in [9.17, 15) is 19.2 Å². The van der Waals surface area contributed by atoms with E-state index in [-0.39, 0.29) is 35.5 Å². The first-order valence-electron chi connectivity index (χ1n) is 9.14. The van der Waals surface area contributed by atoms with Gasteiger partial charge in [0.1, 0.15) is 6.04 Å². The van der Waals surface area contributed by atoms with Crippen molar-refractivity contribution in [3.63, 3.8) is 0 Å². The zero-order valence-electron chi connectivity index (χ0n) is 15.1. The number of ether oxygens (including phenoxy) is 1. The Kier molecular flexibility index (Phi) is 4.71. The van der Waals surface area contributed by atoms with Gasteiger partial charge in [-0.2, -0.15) is 0 Å². The van der Waals surface area contributed by atoms with Gasteiger partial charge in [-0.15, -0.1) is 0 Å². The van der Waals surface area contributed by atoms with Crippen LogP contribution in [0.1, 0.15) is 13.3 Å². The Morgan fingerprint density at radius 3 is 2.46 bits per heavy atom. The van der Waals surface area contributed by atoms with E-state index in [2.05, 4.69) is 5.32 Å². The predicted octanol–water partition coefficient (Wildman–Crippen LogP) is 2.02. The minimum atomic E-state index is -1.07. The Hall–Kier alpha value is -2.67. The van der Waals surface area contributed by atoms with Crippen LogP contribution in [0.3, 0.4) is 0 Å². The van der Waals surface area contributed by atoms with Crippen LogP contribution in [-0.4, -0.2) is 41.2 Å². The highest BCUT2D eigenvalue weighted by atomic mass is 35.5. The third-order valence-electron chi connectivity index (χ3n) is 5.69. The first kappa shape index (κ1) is 18.7. The van der Waals surface area contributed by atoms with Gasteiger partial charge in [0.25, 0.3) is 5.91 Å². The maximum Gasteiger partial charge on any atom is 0.329 e. The summed E-state index contributed by atoms with van der Waals surface area (Å²) >= 11 is 5.85. The third kappa shape index (κ3) is 3.09. The number of likely N-dealkylation sites (tertiary alicyclic amines) is 1. The third-order valence-corrected chi connectivity index (χ3v) is 5.92. The number of imide groups is 1. The second-order valence-electron chi connectivity index (χ2n) is 7.39. The summed E-state index contributed by atoms with van der Waals surface area (Å²) in [5, 5.41) is 3.02. The summed E-state index contributed by atoms with van der Waals surface area (Å²) < 4.78 is 5.02. The second-order valence-corrected chi connectivity index (χ2v) is 7.82. The van der Waals surface area contributed by atoms with Crippen LogP contribution < -0.4 is 5.32 Å². The zero-order valence-corrected chi connectivity index (χ0v) is 15.9.